The van der Waals surface area contributed by atoms with Crippen molar-refractivity contribution in [2.75, 3.05) is 5.73 Å². The predicted octanol–water partition coefficient (Wildman–Crippen LogP) is -0.0632. The number of hydrogen-bond acceptors (Lipinski definition) is 3. The summed E-state index contributed by atoms with van der Waals surface area (Å²) in [6.45, 7) is 0. The molecule has 0 aliphatic carbocycles. The normalized spacial score (nSPS) is 9.33. The summed E-state index contributed by atoms with van der Waals surface area (Å²) < 4.78 is 0. The van der Waals surface area contributed by atoms with Crippen molar-refractivity contribution in [3.05, 3.63) is 29.8 Å². The summed E-state index contributed by atoms with van der Waals surface area (Å²) in [5.74, 6) is -1.69. The van der Waals surface area contributed by atoms with Crippen LogP contribution in [-0.2, 0) is 4.79 Å². The van der Waals surface area contributed by atoms with Crippen molar-refractivity contribution in [1.82, 2.24) is 0 Å². The lowest BCUT2D eigenvalue weighted by atomic mass is 10.1. The van der Waals surface area contributed by atoms with E-state index in [9.17, 15) is 9.59 Å². The smallest absolute Gasteiger partial charge is 0.289 e. The Kier molecular flexibility index (Phi) is 2.09. The first kappa shape index (κ1) is 8.26. The lowest BCUT2D eigenvalue weighted by Crippen LogP contribution is -2.23. The zero-order valence-corrected chi connectivity index (χ0v) is 6.28. The minimum absolute atomic E-state index is 0.225. The SMILES string of the molecule is NC(=O)C(=O)c1cccc(N)c1. The largest absolute Gasteiger partial charge is 0.399 e. The van der Waals surface area contributed by atoms with Gasteiger partial charge in [-0.25, -0.2) is 0 Å². The molecule has 1 aromatic rings. The lowest BCUT2D eigenvalue weighted by molar-refractivity contribution is -0.114. The van der Waals surface area contributed by atoms with Gasteiger partial charge in [-0.05, 0) is 12.1 Å². The summed E-state index contributed by atoms with van der Waals surface area (Å²) in [5, 5.41) is 0. The van der Waals surface area contributed by atoms with E-state index in [4.69, 9.17) is 11.5 Å². The van der Waals surface area contributed by atoms with Crippen molar-refractivity contribution in [1.29, 1.82) is 0 Å². The minimum Gasteiger partial charge on any atom is -0.399 e. The van der Waals surface area contributed by atoms with Gasteiger partial charge in [-0.2, -0.15) is 0 Å². The van der Waals surface area contributed by atoms with Crippen LogP contribution in [0.5, 0.6) is 0 Å². The zero-order valence-electron chi connectivity index (χ0n) is 6.28. The van der Waals surface area contributed by atoms with Crippen LogP contribution >= 0.6 is 0 Å². The molecular weight excluding hydrogens is 156 g/mol. The average molecular weight is 164 g/mol. The molecule has 4 N–H and O–H groups in total. The van der Waals surface area contributed by atoms with Gasteiger partial charge < -0.3 is 11.5 Å². The Balaban J connectivity index is 3.04. The molecule has 1 aromatic carbocycles. The first-order chi connectivity index (χ1) is 5.61. The van der Waals surface area contributed by atoms with Gasteiger partial charge in [0.1, 0.15) is 0 Å². The van der Waals surface area contributed by atoms with E-state index >= 15 is 0 Å². The van der Waals surface area contributed by atoms with Gasteiger partial charge in [-0.15, -0.1) is 0 Å². The maximum Gasteiger partial charge on any atom is 0.289 e. The fourth-order valence-electron chi connectivity index (χ4n) is 0.822. The van der Waals surface area contributed by atoms with E-state index in [1.165, 1.54) is 12.1 Å². The van der Waals surface area contributed by atoms with E-state index in [-0.39, 0.29) is 5.56 Å². The van der Waals surface area contributed by atoms with Gasteiger partial charge in [0.25, 0.3) is 5.91 Å². The molecule has 0 radical (unpaired) electrons. The molecule has 0 atom stereocenters. The van der Waals surface area contributed by atoms with Gasteiger partial charge in [0.2, 0.25) is 5.78 Å². The fraction of sp³-hybridized carbons (Fsp3) is 0. The fourth-order valence-corrected chi connectivity index (χ4v) is 0.822. The van der Waals surface area contributed by atoms with Crippen LogP contribution in [0.4, 0.5) is 5.69 Å². The van der Waals surface area contributed by atoms with Gasteiger partial charge in [0.15, 0.2) is 0 Å². The molecule has 1 amide bonds. The molecule has 0 saturated heterocycles. The van der Waals surface area contributed by atoms with Crippen molar-refractivity contribution in [3.63, 3.8) is 0 Å². The molecule has 4 heteroatoms. The maximum atomic E-state index is 11.0. The van der Waals surface area contributed by atoms with Gasteiger partial charge in [-0.3, -0.25) is 9.59 Å². The molecule has 0 aromatic heterocycles. The predicted molar refractivity (Wildman–Crippen MR) is 44.4 cm³/mol. The Morgan fingerprint density at radius 3 is 2.42 bits per heavy atom. The van der Waals surface area contributed by atoms with Gasteiger partial charge in [-0.1, -0.05) is 12.1 Å². The third kappa shape index (κ3) is 1.60. The third-order valence-corrected chi connectivity index (χ3v) is 1.37. The highest BCUT2D eigenvalue weighted by molar-refractivity contribution is 6.42. The van der Waals surface area contributed by atoms with Crippen LogP contribution < -0.4 is 11.5 Å². The van der Waals surface area contributed by atoms with Crippen LogP contribution in [0.3, 0.4) is 0 Å². The summed E-state index contributed by atoms with van der Waals surface area (Å²) in [6, 6.07) is 6.11. The summed E-state index contributed by atoms with van der Waals surface area (Å²) in [7, 11) is 0. The van der Waals surface area contributed by atoms with Crippen molar-refractivity contribution in [2.24, 2.45) is 5.73 Å². The number of hydrogen-bond donors (Lipinski definition) is 2. The number of benzene rings is 1. The number of anilines is 1. The van der Waals surface area contributed by atoms with Crippen molar-refractivity contribution in [3.8, 4) is 0 Å². The molecular formula is C8H8N2O2. The Hall–Kier alpha value is -1.84. The van der Waals surface area contributed by atoms with Gasteiger partial charge >= 0.3 is 0 Å². The highest BCUT2D eigenvalue weighted by Crippen LogP contribution is 2.06. The summed E-state index contributed by atoms with van der Waals surface area (Å²) >= 11 is 0. The van der Waals surface area contributed by atoms with E-state index < -0.39 is 11.7 Å². The number of nitrogens with two attached hydrogens (primary N) is 2. The highest BCUT2D eigenvalue weighted by Gasteiger charge is 2.11. The van der Waals surface area contributed by atoms with E-state index in [1.54, 1.807) is 12.1 Å². The number of amides is 1. The highest BCUT2D eigenvalue weighted by atomic mass is 16.2. The Labute approximate surface area is 69.2 Å². The number of carbonyl (C=O) groups excluding carboxylic acids is 2. The Morgan fingerprint density at radius 2 is 1.92 bits per heavy atom. The molecule has 62 valence electrons. The van der Waals surface area contributed by atoms with Crippen LogP contribution in [0.2, 0.25) is 0 Å². The number of rotatable bonds is 2. The van der Waals surface area contributed by atoms with E-state index in [1.807, 2.05) is 0 Å². The molecule has 0 saturated carbocycles. The first-order valence-electron chi connectivity index (χ1n) is 3.31. The molecule has 12 heavy (non-hydrogen) atoms. The van der Waals surface area contributed by atoms with Crippen LogP contribution in [0, 0.1) is 0 Å². The number of nitrogen functional groups attached to an aromatic ring is 1. The molecule has 0 bridgehead atoms. The molecule has 0 aliphatic rings. The quantitative estimate of drug-likeness (QED) is 0.364. The van der Waals surface area contributed by atoms with Gasteiger partial charge in [0.05, 0.1) is 0 Å². The summed E-state index contributed by atoms with van der Waals surface area (Å²) in [4.78, 5) is 21.4. The number of primary amides is 1. The Morgan fingerprint density at radius 1 is 1.25 bits per heavy atom. The molecule has 0 unspecified atom stereocenters. The third-order valence-electron chi connectivity index (χ3n) is 1.37. The van der Waals surface area contributed by atoms with E-state index in [0.717, 1.165) is 0 Å². The van der Waals surface area contributed by atoms with Gasteiger partial charge in [0, 0.05) is 11.3 Å². The number of Topliss-reactive ketones (excluding diaryl/α,β-unsaturated/α-hetero) is 1. The molecule has 1 rings (SSSR count). The van der Waals surface area contributed by atoms with Crippen LogP contribution in [-0.4, -0.2) is 11.7 Å². The topological polar surface area (TPSA) is 86.2 Å². The molecule has 0 heterocycles. The second kappa shape index (κ2) is 3.04. The molecule has 0 aliphatic heterocycles. The first-order valence-corrected chi connectivity index (χ1v) is 3.31. The van der Waals surface area contributed by atoms with Crippen molar-refractivity contribution in [2.45, 2.75) is 0 Å². The minimum atomic E-state index is -0.972. The van der Waals surface area contributed by atoms with E-state index in [2.05, 4.69) is 0 Å². The Bertz CT molecular complexity index is 334. The lowest BCUT2D eigenvalue weighted by Gasteiger charge is -1.96. The maximum absolute atomic E-state index is 11.0. The van der Waals surface area contributed by atoms with E-state index in [0.29, 0.717) is 5.69 Å². The molecule has 0 spiro atoms. The monoisotopic (exact) mass is 164 g/mol. The standard InChI is InChI=1S/C8H8N2O2/c9-6-3-1-2-5(4-6)7(11)8(10)12/h1-4H,9H2,(H2,10,12). The van der Waals surface area contributed by atoms with Crippen molar-refractivity contribution >= 4 is 17.4 Å². The summed E-state index contributed by atoms with van der Waals surface area (Å²) in [6.07, 6.45) is 0. The second-order valence-electron chi connectivity index (χ2n) is 2.32. The van der Waals surface area contributed by atoms with Crippen LogP contribution in [0.25, 0.3) is 0 Å². The second-order valence-corrected chi connectivity index (χ2v) is 2.32. The van der Waals surface area contributed by atoms with Crippen molar-refractivity contribution < 1.29 is 9.59 Å². The average Bonchev–Trinajstić information content (AvgIpc) is 2.03. The zero-order chi connectivity index (χ0) is 9.14. The summed E-state index contributed by atoms with van der Waals surface area (Å²) in [5.41, 5.74) is 10.8. The number of carbonyl (C=O) groups is 2. The van der Waals surface area contributed by atoms with Crippen LogP contribution in [0.15, 0.2) is 24.3 Å². The number of ketones is 1. The van der Waals surface area contributed by atoms with Crippen LogP contribution in [0.1, 0.15) is 10.4 Å². The molecule has 4 nitrogen and oxygen atoms in total. The molecule has 0 fully saturated rings.